The molecule has 162 valence electrons. The molecule has 1 unspecified atom stereocenters. The lowest BCUT2D eigenvalue weighted by Crippen LogP contribution is -2.33. The second-order valence-corrected chi connectivity index (χ2v) is 8.60. The minimum Gasteiger partial charge on any atom is -0.506 e. The minimum atomic E-state index is -1.80. The fourth-order valence-electron chi connectivity index (χ4n) is 4.00. The number of phenolic OH excluding ortho intramolecular Hbond substituents is 2. The van der Waals surface area contributed by atoms with Gasteiger partial charge in [-0.1, -0.05) is 46.4 Å². The first kappa shape index (κ1) is 21.0. The lowest BCUT2D eigenvalue weighted by Gasteiger charge is -2.37. The number of carboxylic acids is 1. The Morgan fingerprint density at radius 1 is 0.906 bits per heavy atom. The number of benzene rings is 3. The van der Waals surface area contributed by atoms with E-state index in [4.69, 9.17) is 55.9 Å². The number of carboxylic acid groups (broad SMARTS) is 1. The Labute approximate surface area is 199 Å². The van der Waals surface area contributed by atoms with Crippen LogP contribution in [0.2, 0.25) is 20.1 Å². The Bertz CT molecular complexity index is 1400. The second kappa shape index (κ2) is 6.83. The molecule has 0 aliphatic carbocycles. The van der Waals surface area contributed by atoms with Crippen molar-refractivity contribution in [1.82, 2.24) is 0 Å². The third-order valence-electron chi connectivity index (χ3n) is 5.34. The van der Waals surface area contributed by atoms with Crippen molar-refractivity contribution < 1.29 is 34.4 Å². The number of carbonyl (C=O) groups is 2. The van der Waals surface area contributed by atoms with Crippen molar-refractivity contribution in [2.75, 3.05) is 0 Å². The molecule has 1 atom stereocenters. The number of fused-ring (bicyclic) bond motifs is 6. The van der Waals surface area contributed by atoms with Crippen LogP contribution in [0.25, 0.3) is 0 Å². The normalized spacial score (nSPS) is 17.9. The molecule has 0 saturated heterocycles. The van der Waals surface area contributed by atoms with Crippen LogP contribution in [0.5, 0.6) is 23.0 Å². The summed E-state index contributed by atoms with van der Waals surface area (Å²) < 4.78 is 11.7. The van der Waals surface area contributed by atoms with Crippen LogP contribution in [0.15, 0.2) is 30.3 Å². The van der Waals surface area contributed by atoms with E-state index in [0.717, 1.165) is 6.07 Å². The van der Waals surface area contributed by atoms with Crippen LogP contribution in [0.4, 0.5) is 0 Å². The third-order valence-corrected chi connectivity index (χ3v) is 6.65. The number of rotatable bonds is 1. The molecular weight excluding hydrogens is 506 g/mol. The molecule has 7 nitrogen and oxygen atoms in total. The predicted octanol–water partition coefficient (Wildman–Crippen LogP) is 5.98. The summed E-state index contributed by atoms with van der Waals surface area (Å²) >= 11 is 25.2. The molecule has 2 aliphatic heterocycles. The SMILES string of the molecule is O=C(O)c1cc(Cl)c2c(c1)C(=O)OC21c2ccc(O)c(Cl)c2Oc2c1cc(Cl)c(O)c2Cl. The molecule has 2 heterocycles. The van der Waals surface area contributed by atoms with Crippen molar-refractivity contribution >= 4 is 58.3 Å². The number of esters is 1. The van der Waals surface area contributed by atoms with Crippen LogP contribution in [0.3, 0.4) is 0 Å². The fourth-order valence-corrected chi connectivity index (χ4v) is 5.05. The van der Waals surface area contributed by atoms with E-state index in [1.165, 1.54) is 24.3 Å². The average Bonchev–Trinajstić information content (AvgIpc) is 3.04. The van der Waals surface area contributed by atoms with Crippen LogP contribution in [-0.2, 0) is 10.3 Å². The van der Waals surface area contributed by atoms with Gasteiger partial charge in [0.2, 0.25) is 0 Å². The van der Waals surface area contributed by atoms with E-state index in [-0.39, 0.29) is 65.2 Å². The van der Waals surface area contributed by atoms with Crippen molar-refractivity contribution in [2.24, 2.45) is 0 Å². The molecule has 0 aromatic heterocycles. The number of aromatic carboxylic acids is 1. The Morgan fingerprint density at radius 3 is 2.28 bits per heavy atom. The molecule has 3 aromatic rings. The van der Waals surface area contributed by atoms with Crippen LogP contribution in [0.1, 0.15) is 37.4 Å². The van der Waals surface area contributed by atoms with E-state index in [9.17, 15) is 24.9 Å². The quantitative estimate of drug-likeness (QED) is 0.343. The molecule has 3 N–H and O–H groups in total. The van der Waals surface area contributed by atoms with Gasteiger partial charge in [-0.3, -0.25) is 0 Å². The number of hydrogen-bond acceptors (Lipinski definition) is 6. The molecular formula is C21H8Cl4O7. The first-order chi connectivity index (χ1) is 15.1. The highest BCUT2D eigenvalue weighted by atomic mass is 35.5. The van der Waals surface area contributed by atoms with E-state index < -0.39 is 23.3 Å². The highest BCUT2D eigenvalue weighted by Crippen LogP contribution is 2.62. The van der Waals surface area contributed by atoms with Gasteiger partial charge in [-0.2, -0.15) is 0 Å². The number of hydrogen-bond donors (Lipinski definition) is 3. The summed E-state index contributed by atoms with van der Waals surface area (Å²) in [4.78, 5) is 24.5. The van der Waals surface area contributed by atoms with Crippen molar-refractivity contribution in [3.8, 4) is 23.0 Å². The molecule has 0 amide bonds. The molecule has 0 bridgehead atoms. The van der Waals surface area contributed by atoms with Gasteiger partial charge in [-0.25, -0.2) is 9.59 Å². The van der Waals surface area contributed by atoms with Crippen molar-refractivity contribution in [3.63, 3.8) is 0 Å². The number of ether oxygens (including phenoxy) is 2. The van der Waals surface area contributed by atoms with E-state index in [1.807, 2.05) is 0 Å². The first-order valence-electron chi connectivity index (χ1n) is 8.79. The van der Waals surface area contributed by atoms with Crippen LogP contribution in [-0.4, -0.2) is 27.3 Å². The fraction of sp³-hybridized carbons (Fsp3) is 0.0476. The number of halogens is 4. The zero-order chi connectivity index (χ0) is 23.1. The average molecular weight is 514 g/mol. The monoisotopic (exact) mass is 512 g/mol. The summed E-state index contributed by atoms with van der Waals surface area (Å²) in [5.41, 5.74) is -1.71. The molecule has 3 aromatic carbocycles. The minimum absolute atomic E-state index is 0.0888. The zero-order valence-electron chi connectivity index (χ0n) is 15.4. The Kier molecular flexibility index (Phi) is 4.49. The molecule has 32 heavy (non-hydrogen) atoms. The van der Waals surface area contributed by atoms with Crippen LogP contribution < -0.4 is 4.74 Å². The van der Waals surface area contributed by atoms with Gasteiger partial charge < -0.3 is 24.8 Å². The molecule has 0 radical (unpaired) electrons. The standard InChI is InChI=1S/C21H8Cl4O7/c22-10-4-6(19(28)29)3-7-13(10)21(32-20(7)30)8-1-2-12(26)14(24)17(8)31-18-9(21)5-11(23)16(27)15(18)25/h1-5,26-27H,(H,28,29). The molecule has 0 fully saturated rings. The Morgan fingerprint density at radius 2 is 1.59 bits per heavy atom. The van der Waals surface area contributed by atoms with E-state index >= 15 is 0 Å². The highest BCUT2D eigenvalue weighted by Gasteiger charge is 2.56. The topological polar surface area (TPSA) is 113 Å². The van der Waals surface area contributed by atoms with Gasteiger partial charge in [0.25, 0.3) is 0 Å². The van der Waals surface area contributed by atoms with Gasteiger partial charge in [-0.05, 0) is 30.3 Å². The van der Waals surface area contributed by atoms with E-state index in [0.29, 0.717) is 0 Å². The number of aromatic hydroxyl groups is 2. The summed E-state index contributed by atoms with van der Waals surface area (Å²) in [5.74, 6) is -3.20. The van der Waals surface area contributed by atoms with Crippen LogP contribution in [0, 0.1) is 0 Å². The maximum atomic E-state index is 13.0. The van der Waals surface area contributed by atoms with E-state index in [1.54, 1.807) is 0 Å². The number of carbonyl (C=O) groups excluding carboxylic acids is 1. The third kappa shape index (κ3) is 2.56. The molecule has 1 spiro atoms. The maximum absolute atomic E-state index is 13.0. The van der Waals surface area contributed by atoms with Gasteiger partial charge >= 0.3 is 11.9 Å². The lowest BCUT2D eigenvalue weighted by atomic mass is 9.77. The second-order valence-electron chi connectivity index (χ2n) is 7.03. The van der Waals surface area contributed by atoms with Crippen molar-refractivity contribution in [1.29, 1.82) is 0 Å². The lowest BCUT2D eigenvalue weighted by molar-refractivity contribution is 0.0224. The highest BCUT2D eigenvalue weighted by molar-refractivity contribution is 6.38. The molecule has 0 saturated carbocycles. The Hall–Kier alpha value is -2.84. The van der Waals surface area contributed by atoms with Gasteiger partial charge in [-0.15, -0.1) is 0 Å². The predicted molar refractivity (Wildman–Crippen MR) is 115 cm³/mol. The number of phenols is 2. The zero-order valence-corrected chi connectivity index (χ0v) is 18.4. The van der Waals surface area contributed by atoms with Crippen LogP contribution >= 0.6 is 46.4 Å². The summed E-state index contributed by atoms with van der Waals surface area (Å²) in [6, 6.07) is 6.30. The molecule has 11 heteroatoms. The first-order valence-corrected chi connectivity index (χ1v) is 10.3. The largest absolute Gasteiger partial charge is 0.506 e. The van der Waals surface area contributed by atoms with Gasteiger partial charge in [0, 0.05) is 11.1 Å². The Balaban J connectivity index is 1.97. The van der Waals surface area contributed by atoms with Crippen molar-refractivity contribution in [3.05, 3.63) is 78.2 Å². The van der Waals surface area contributed by atoms with Gasteiger partial charge in [0.1, 0.15) is 15.8 Å². The smallest absolute Gasteiger partial charge is 0.340 e. The van der Waals surface area contributed by atoms with Crippen molar-refractivity contribution in [2.45, 2.75) is 5.60 Å². The molecule has 5 rings (SSSR count). The van der Waals surface area contributed by atoms with Gasteiger partial charge in [0.15, 0.2) is 22.8 Å². The summed E-state index contributed by atoms with van der Waals surface area (Å²) in [6.45, 7) is 0. The molecule has 2 aliphatic rings. The summed E-state index contributed by atoms with van der Waals surface area (Å²) in [6.07, 6.45) is 0. The summed E-state index contributed by atoms with van der Waals surface area (Å²) in [7, 11) is 0. The van der Waals surface area contributed by atoms with Gasteiger partial charge in [0.05, 0.1) is 26.7 Å². The van der Waals surface area contributed by atoms with E-state index in [2.05, 4.69) is 0 Å². The summed E-state index contributed by atoms with van der Waals surface area (Å²) in [5, 5.41) is 29.0. The maximum Gasteiger partial charge on any atom is 0.340 e.